The van der Waals surface area contributed by atoms with E-state index in [0.29, 0.717) is 0 Å². The minimum absolute atomic E-state index is 0.106. The predicted octanol–water partition coefficient (Wildman–Crippen LogP) is 9.99. The highest BCUT2D eigenvalue weighted by molar-refractivity contribution is 6.81. The molecule has 6 heterocycles. The summed E-state index contributed by atoms with van der Waals surface area (Å²) in [4.78, 5) is 0. The number of ether oxygens (including phenoxy) is 4. The third kappa shape index (κ3) is 4.07. The second kappa shape index (κ2) is 11.5. The van der Waals surface area contributed by atoms with Crippen LogP contribution in [0.15, 0.2) is 48.5 Å². The van der Waals surface area contributed by atoms with Crippen LogP contribution in [0.3, 0.4) is 0 Å². The molecule has 2 aromatic carbocycles. The maximum absolute atomic E-state index is 8.66. The molecule has 0 amide bonds. The Morgan fingerprint density at radius 3 is 1.25 bits per heavy atom. The van der Waals surface area contributed by atoms with E-state index in [1.165, 1.54) is 11.1 Å². The number of epoxide rings is 2. The second-order valence-corrected chi connectivity index (χ2v) is 34.8. The van der Waals surface area contributed by atoms with E-state index in [1.807, 2.05) is 0 Å². The van der Waals surface area contributed by atoms with Gasteiger partial charge in [-0.05, 0) is 188 Å². The van der Waals surface area contributed by atoms with E-state index in [4.69, 9.17) is 34.1 Å². The summed E-state index contributed by atoms with van der Waals surface area (Å²) in [5.74, 6) is 1.92. The maximum Gasteiger partial charge on any atom is 0.210 e. The van der Waals surface area contributed by atoms with Gasteiger partial charge in [-0.2, -0.15) is 0 Å². The van der Waals surface area contributed by atoms with Gasteiger partial charge in [0.1, 0.15) is 33.1 Å². The number of hydrogen-bond donors (Lipinski definition) is 0. The quantitative estimate of drug-likeness (QED) is 0.195. The lowest BCUT2D eigenvalue weighted by Crippen LogP contribution is -2.79. The van der Waals surface area contributed by atoms with E-state index < -0.39 is 51.3 Å². The minimum Gasteiger partial charge on any atom is -0.494 e. The minimum atomic E-state index is -2.33. The SMILES string of the molecule is [CH]C(C)(C12CCC13CCCOc1ccc(cc1)C31OC1([Si](C)(C)O[SiH](C)C)CC2)C12CCC13CCCOc1ccc(cc1)C31OC1([Si](C)(C)O[SiH](C)C)CC2. The maximum atomic E-state index is 8.66. The van der Waals surface area contributed by atoms with Crippen molar-refractivity contribution in [3.63, 3.8) is 0 Å². The molecule has 298 valence electrons. The molecule has 4 saturated carbocycles. The molecule has 6 nitrogen and oxygen atoms in total. The molecule has 4 bridgehead atoms. The van der Waals surface area contributed by atoms with Crippen molar-refractivity contribution >= 4 is 34.7 Å². The fourth-order valence-corrected chi connectivity index (χ4v) is 32.0. The van der Waals surface area contributed by atoms with E-state index in [2.05, 4.69) is 108 Å². The molecule has 2 aromatic rings. The van der Waals surface area contributed by atoms with Crippen LogP contribution in [-0.2, 0) is 28.9 Å². The highest BCUT2D eigenvalue weighted by atomic mass is 28.4. The van der Waals surface area contributed by atoms with Gasteiger partial charge >= 0.3 is 0 Å². The van der Waals surface area contributed by atoms with E-state index in [1.54, 1.807) is 0 Å². The first-order valence-corrected chi connectivity index (χ1v) is 33.3. The van der Waals surface area contributed by atoms with Crippen LogP contribution in [0.4, 0.5) is 0 Å². The van der Waals surface area contributed by atoms with Crippen molar-refractivity contribution in [3.8, 4) is 11.5 Å². The van der Waals surface area contributed by atoms with Gasteiger partial charge in [0, 0.05) is 10.8 Å². The van der Waals surface area contributed by atoms with Crippen molar-refractivity contribution in [3.05, 3.63) is 66.6 Å². The Bertz CT molecular complexity index is 1750. The van der Waals surface area contributed by atoms with Crippen molar-refractivity contribution in [1.29, 1.82) is 0 Å². The van der Waals surface area contributed by atoms with Gasteiger partial charge < -0.3 is 27.2 Å². The van der Waals surface area contributed by atoms with Gasteiger partial charge in [0.25, 0.3) is 0 Å². The van der Waals surface area contributed by atoms with Gasteiger partial charge in [0.05, 0.1) is 13.2 Å². The lowest BCUT2D eigenvalue weighted by Gasteiger charge is -2.80. The molecule has 8 atom stereocenters. The molecular formula is C45H66O6Si4. The van der Waals surface area contributed by atoms with E-state index in [-0.39, 0.29) is 32.1 Å². The third-order valence-corrected chi connectivity index (χ3v) is 32.0. The van der Waals surface area contributed by atoms with Crippen molar-refractivity contribution in [2.75, 3.05) is 13.2 Å². The first-order valence-electron chi connectivity index (χ1n) is 22.0. The molecule has 12 rings (SSSR count). The van der Waals surface area contributed by atoms with Gasteiger partial charge in [-0.25, -0.2) is 0 Å². The fraction of sp³-hybridized carbons (Fsp3) is 0.711. The number of fused-ring (bicyclic) bond motifs is 10. The van der Waals surface area contributed by atoms with Gasteiger partial charge in [-0.15, -0.1) is 0 Å². The molecule has 2 saturated heterocycles. The molecule has 10 aliphatic rings. The molecular weight excluding hydrogens is 749 g/mol. The van der Waals surface area contributed by atoms with E-state index >= 15 is 0 Å². The molecule has 0 aromatic heterocycles. The second-order valence-electron chi connectivity index (χ2n) is 21.1. The first-order chi connectivity index (χ1) is 25.9. The van der Waals surface area contributed by atoms with Crippen LogP contribution in [0.2, 0.25) is 52.4 Å². The van der Waals surface area contributed by atoms with Crippen LogP contribution < -0.4 is 9.47 Å². The highest BCUT2D eigenvalue weighted by Crippen LogP contribution is 2.94. The van der Waals surface area contributed by atoms with E-state index in [0.717, 1.165) is 102 Å². The van der Waals surface area contributed by atoms with Crippen molar-refractivity contribution in [2.45, 2.75) is 158 Å². The highest BCUT2D eigenvalue weighted by Gasteiger charge is 2.97. The molecule has 4 aliphatic carbocycles. The summed E-state index contributed by atoms with van der Waals surface area (Å²) < 4.78 is 42.7. The van der Waals surface area contributed by atoms with Crippen LogP contribution in [0, 0.1) is 34.0 Å². The monoisotopic (exact) mass is 814 g/mol. The Hall–Kier alpha value is -1.25. The van der Waals surface area contributed by atoms with Gasteiger partial charge in [0.2, 0.25) is 16.6 Å². The Kier molecular flexibility index (Phi) is 7.95. The molecule has 4 spiro atoms. The summed E-state index contributed by atoms with van der Waals surface area (Å²) >= 11 is 0. The van der Waals surface area contributed by atoms with Crippen LogP contribution in [0.5, 0.6) is 11.5 Å². The number of hydrogen-bond acceptors (Lipinski definition) is 6. The van der Waals surface area contributed by atoms with Gasteiger partial charge in [0.15, 0.2) is 18.1 Å². The summed E-state index contributed by atoms with van der Waals surface area (Å²) in [5.41, 5.74) is 0.939. The van der Waals surface area contributed by atoms with Crippen molar-refractivity contribution in [2.24, 2.45) is 27.1 Å². The van der Waals surface area contributed by atoms with Crippen molar-refractivity contribution < 1.29 is 27.2 Å². The predicted molar refractivity (Wildman–Crippen MR) is 227 cm³/mol. The molecule has 6 aliphatic heterocycles. The zero-order valence-corrected chi connectivity index (χ0v) is 39.5. The van der Waals surface area contributed by atoms with Gasteiger partial charge in [-0.1, -0.05) is 31.2 Å². The summed E-state index contributed by atoms with van der Waals surface area (Å²) in [6, 6.07) is 18.2. The smallest absolute Gasteiger partial charge is 0.210 e. The average molecular weight is 815 g/mol. The van der Waals surface area contributed by atoms with Crippen LogP contribution in [0.25, 0.3) is 0 Å². The Balaban J connectivity index is 1.17. The first kappa shape index (κ1) is 38.0. The summed E-state index contributed by atoms with van der Waals surface area (Å²) in [5, 5.41) is -0.529. The van der Waals surface area contributed by atoms with Crippen molar-refractivity contribution in [1.82, 2.24) is 0 Å². The lowest BCUT2D eigenvalue weighted by molar-refractivity contribution is -0.311. The summed E-state index contributed by atoms with van der Waals surface area (Å²) in [6.07, 6.45) is 13.0. The normalized spacial score (nSPS) is 42.5. The topological polar surface area (TPSA) is 62.0 Å². The molecule has 6 fully saturated rings. The average Bonchev–Trinajstić information content (AvgIpc) is 4.00. The molecule has 2 radical (unpaired) electrons. The van der Waals surface area contributed by atoms with E-state index in [9.17, 15) is 0 Å². The fourth-order valence-electron chi connectivity index (χ4n) is 16.4. The zero-order chi connectivity index (χ0) is 38.8. The Morgan fingerprint density at radius 1 is 0.564 bits per heavy atom. The number of rotatable bonds is 8. The molecule has 8 unspecified atom stereocenters. The number of benzene rings is 2. The summed E-state index contributed by atoms with van der Waals surface area (Å²) in [6.45, 7) is 31.9. The Morgan fingerprint density at radius 2 is 0.927 bits per heavy atom. The summed E-state index contributed by atoms with van der Waals surface area (Å²) in [7, 11) is -7.32. The molecule has 0 N–H and O–H groups in total. The zero-order valence-electron chi connectivity index (χ0n) is 35.2. The van der Waals surface area contributed by atoms with Crippen LogP contribution in [0.1, 0.15) is 95.1 Å². The molecule has 55 heavy (non-hydrogen) atoms. The largest absolute Gasteiger partial charge is 0.494 e. The van der Waals surface area contributed by atoms with Crippen LogP contribution >= 0.6 is 0 Å². The molecule has 10 heteroatoms. The lowest BCUT2D eigenvalue weighted by atomic mass is 9.23. The van der Waals surface area contributed by atoms with Gasteiger partial charge in [-0.3, -0.25) is 0 Å². The Labute approximate surface area is 336 Å². The standard InChI is InChI=1S/C45H66O6Si4/c1-37(2,38-23-25-40(38)21-11-31-46-35-17-13-33(14-18-35)44(40)42(48-44,29-27-38)54(7,8)50-52(3)4)39-24-26-41(39)22-12-32-47-36-19-15-34(16-20-36)45(41)43(49-45,30-28-39)55(9,10)51-53(5)6/h1,13-20,52-53H,11-12,21-32H2,2-10H3. The third-order valence-electron chi connectivity index (χ3n) is 18.2. The van der Waals surface area contributed by atoms with Crippen LogP contribution in [-0.4, -0.2) is 58.4 Å².